The highest BCUT2D eigenvalue weighted by Crippen LogP contribution is 2.29. The molecule has 0 unspecified atom stereocenters. The second-order valence-electron chi connectivity index (χ2n) is 3.89. The van der Waals surface area contributed by atoms with Gasteiger partial charge in [0, 0.05) is 0 Å². The third kappa shape index (κ3) is 2.96. The average molecular weight is 278 g/mol. The largest absolute Gasteiger partial charge is 0.478 e. The van der Waals surface area contributed by atoms with E-state index < -0.39 is 16.0 Å². The van der Waals surface area contributed by atoms with E-state index in [0.29, 0.717) is 5.56 Å². The Kier molecular flexibility index (Phi) is 3.81. The number of carboxylic acid groups (broad SMARTS) is 1. The SMILES string of the molecule is CC(C)c1cc(C(=O)O)c(Cl)c(S(N)(=O)=O)c1. The van der Waals surface area contributed by atoms with Crippen LogP contribution in [-0.4, -0.2) is 19.5 Å². The molecule has 94 valence electrons. The molecule has 3 N–H and O–H groups in total. The van der Waals surface area contributed by atoms with Gasteiger partial charge in [0.05, 0.1) is 10.6 Å². The molecule has 0 radical (unpaired) electrons. The molecule has 0 bridgehead atoms. The van der Waals surface area contributed by atoms with E-state index in [0.717, 1.165) is 0 Å². The highest BCUT2D eigenvalue weighted by molar-refractivity contribution is 7.89. The first kappa shape index (κ1) is 14.0. The maximum absolute atomic E-state index is 11.3. The summed E-state index contributed by atoms with van der Waals surface area (Å²) in [7, 11) is -4.04. The molecule has 1 rings (SSSR count). The molecule has 0 fully saturated rings. The number of primary sulfonamides is 1. The molecule has 0 heterocycles. The van der Waals surface area contributed by atoms with E-state index in [1.165, 1.54) is 12.1 Å². The number of carboxylic acids is 1. The zero-order valence-electron chi connectivity index (χ0n) is 9.27. The summed E-state index contributed by atoms with van der Waals surface area (Å²) in [6, 6.07) is 2.65. The Morgan fingerprint density at radius 1 is 1.41 bits per heavy atom. The van der Waals surface area contributed by atoms with E-state index in [1.807, 2.05) is 13.8 Å². The van der Waals surface area contributed by atoms with E-state index in [1.54, 1.807) is 0 Å². The molecule has 0 aromatic heterocycles. The summed E-state index contributed by atoms with van der Waals surface area (Å²) in [6.45, 7) is 3.61. The van der Waals surface area contributed by atoms with Crippen LogP contribution in [0.1, 0.15) is 35.7 Å². The molecule has 0 amide bonds. The molecule has 0 aliphatic carbocycles. The summed E-state index contributed by atoms with van der Waals surface area (Å²) in [5.74, 6) is -1.33. The molecule has 5 nitrogen and oxygen atoms in total. The first-order chi connectivity index (χ1) is 7.64. The molecule has 1 aromatic rings. The number of hydrogen-bond donors (Lipinski definition) is 2. The maximum Gasteiger partial charge on any atom is 0.337 e. The minimum absolute atomic E-state index is 0.0362. The predicted molar refractivity (Wildman–Crippen MR) is 63.9 cm³/mol. The van der Waals surface area contributed by atoms with Crippen LogP contribution >= 0.6 is 11.6 Å². The lowest BCUT2D eigenvalue weighted by Crippen LogP contribution is -2.15. The topological polar surface area (TPSA) is 97.5 Å². The number of nitrogens with two attached hydrogens (primary N) is 1. The van der Waals surface area contributed by atoms with Crippen molar-refractivity contribution in [2.75, 3.05) is 0 Å². The van der Waals surface area contributed by atoms with Gasteiger partial charge in [-0.3, -0.25) is 0 Å². The number of hydrogen-bond acceptors (Lipinski definition) is 3. The van der Waals surface area contributed by atoms with Crippen molar-refractivity contribution in [1.29, 1.82) is 0 Å². The Hall–Kier alpha value is -1.11. The van der Waals surface area contributed by atoms with E-state index in [-0.39, 0.29) is 21.4 Å². The molecule has 0 atom stereocenters. The minimum atomic E-state index is -4.04. The van der Waals surface area contributed by atoms with Gasteiger partial charge in [0.2, 0.25) is 10.0 Å². The lowest BCUT2D eigenvalue weighted by Gasteiger charge is -2.11. The number of halogens is 1. The van der Waals surface area contributed by atoms with E-state index in [4.69, 9.17) is 21.8 Å². The highest BCUT2D eigenvalue weighted by Gasteiger charge is 2.21. The Morgan fingerprint density at radius 2 is 1.94 bits per heavy atom. The molecular formula is C10H12ClNO4S. The summed E-state index contributed by atoms with van der Waals surface area (Å²) >= 11 is 5.73. The van der Waals surface area contributed by atoms with Crippen molar-refractivity contribution in [1.82, 2.24) is 0 Å². The molecule has 1 aromatic carbocycles. The van der Waals surface area contributed by atoms with E-state index >= 15 is 0 Å². The van der Waals surface area contributed by atoms with Crippen LogP contribution in [0.4, 0.5) is 0 Å². The number of sulfonamides is 1. The van der Waals surface area contributed by atoms with Crippen molar-refractivity contribution < 1.29 is 18.3 Å². The molecule has 0 saturated carbocycles. The van der Waals surface area contributed by atoms with Crippen LogP contribution in [0, 0.1) is 0 Å². The van der Waals surface area contributed by atoms with Crippen molar-refractivity contribution in [3.8, 4) is 0 Å². The van der Waals surface area contributed by atoms with Crippen molar-refractivity contribution in [2.45, 2.75) is 24.7 Å². The quantitative estimate of drug-likeness (QED) is 0.880. The zero-order valence-corrected chi connectivity index (χ0v) is 10.8. The van der Waals surface area contributed by atoms with Gasteiger partial charge < -0.3 is 5.11 Å². The van der Waals surface area contributed by atoms with Crippen LogP contribution in [0.25, 0.3) is 0 Å². The van der Waals surface area contributed by atoms with Crippen molar-refractivity contribution >= 4 is 27.6 Å². The zero-order chi connectivity index (χ0) is 13.4. The van der Waals surface area contributed by atoms with Crippen molar-refractivity contribution in [3.63, 3.8) is 0 Å². The fourth-order valence-electron chi connectivity index (χ4n) is 1.32. The Labute approximate surface area is 104 Å². The van der Waals surface area contributed by atoms with Crippen LogP contribution < -0.4 is 5.14 Å². The third-order valence-electron chi connectivity index (χ3n) is 2.27. The summed E-state index contributed by atoms with van der Waals surface area (Å²) in [4.78, 5) is 10.6. The minimum Gasteiger partial charge on any atom is -0.478 e. The summed E-state index contributed by atoms with van der Waals surface area (Å²) in [5, 5.41) is 13.6. The first-order valence-electron chi connectivity index (χ1n) is 4.74. The highest BCUT2D eigenvalue weighted by atomic mass is 35.5. The lowest BCUT2D eigenvalue weighted by atomic mass is 10.0. The Morgan fingerprint density at radius 3 is 2.29 bits per heavy atom. The average Bonchev–Trinajstić information content (AvgIpc) is 2.15. The molecule has 0 aliphatic rings. The fourth-order valence-corrected chi connectivity index (χ4v) is 2.49. The van der Waals surface area contributed by atoms with E-state index in [2.05, 4.69) is 0 Å². The van der Waals surface area contributed by atoms with Gasteiger partial charge in [-0.25, -0.2) is 18.4 Å². The molecule has 0 spiro atoms. The number of benzene rings is 1. The van der Waals surface area contributed by atoms with Gasteiger partial charge in [-0.1, -0.05) is 25.4 Å². The molecule has 7 heteroatoms. The van der Waals surface area contributed by atoms with Crippen LogP contribution in [0.5, 0.6) is 0 Å². The van der Waals surface area contributed by atoms with Crippen LogP contribution in [0.15, 0.2) is 17.0 Å². The summed E-state index contributed by atoms with van der Waals surface area (Å²) in [6.07, 6.45) is 0. The number of aromatic carboxylic acids is 1. The second-order valence-corrected chi connectivity index (χ2v) is 5.79. The standard InChI is InChI=1S/C10H12ClNO4S/c1-5(2)6-3-7(10(13)14)9(11)8(4-6)17(12,15)16/h3-5H,1-2H3,(H,13,14)(H2,12,15,16). The van der Waals surface area contributed by atoms with Gasteiger partial charge >= 0.3 is 5.97 Å². The van der Waals surface area contributed by atoms with Crippen LogP contribution in [0.2, 0.25) is 5.02 Å². The van der Waals surface area contributed by atoms with Crippen LogP contribution in [0.3, 0.4) is 0 Å². The first-order valence-corrected chi connectivity index (χ1v) is 6.66. The second kappa shape index (κ2) is 4.64. The fraction of sp³-hybridized carbons (Fsp3) is 0.300. The van der Waals surface area contributed by atoms with E-state index in [9.17, 15) is 13.2 Å². The van der Waals surface area contributed by atoms with Gasteiger partial charge in [0.15, 0.2) is 0 Å². The van der Waals surface area contributed by atoms with Gasteiger partial charge in [0.25, 0.3) is 0 Å². The van der Waals surface area contributed by atoms with Crippen LogP contribution in [-0.2, 0) is 10.0 Å². The molecule has 17 heavy (non-hydrogen) atoms. The summed E-state index contributed by atoms with van der Waals surface area (Å²) in [5.41, 5.74) is 0.290. The normalized spacial score (nSPS) is 11.8. The van der Waals surface area contributed by atoms with Crippen molar-refractivity contribution in [2.24, 2.45) is 5.14 Å². The van der Waals surface area contributed by atoms with Gasteiger partial charge in [-0.15, -0.1) is 0 Å². The Bertz CT molecular complexity index is 566. The number of carbonyl (C=O) groups is 1. The van der Waals surface area contributed by atoms with Crippen molar-refractivity contribution in [3.05, 3.63) is 28.3 Å². The molecule has 0 aliphatic heterocycles. The smallest absolute Gasteiger partial charge is 0.337 e. The number of rotatable bonds is 3. The Balaban J connectivity index is 3.67. The molecular weight excluding hydrogens is 266 g/mol. The summed E-state index contributed by atoms with van der Waals surface area (Å²) < 4.78 is 22.6. The lowest BCUT2D eigenvalue weighted by molar-refractivity contribution is 0.0696. The van der Waals surface area contributed by atoms with Gasteiger partial charge in [0.1, 0.15) is 4.90 Å². The van der Waals surface area contributed by atoms with Gasteiger partial charge in [-0.2, -0.15) is 0 Å². The maximum atomic E-state index is 11.3. The van der Waals surface area contributed by atoms with Gasteiger partial charge in [-0.05, 0) is 23.6 Å². The molecule has 0 saturated heterocycles. The monoisotopic (exact) mass is 277 g/mol. The predicted octanol–water partition coefficient (Wildman–Crippen LogP) is 1.81. The third-order valence-corrected chi connectivity index (χ3v) is 3.72.